The number of pyridine rings is 2. The summed E-state index contributed by atoms with van der Waals surface area (Å²) in [5.74, 6) is 1.08. The Hall–Kier alpha value is -2.17. The summed E-state index contributed by atoms with van der Waals surface area (Å²) >= 11 is 6.14. The van der Waals surface area contributed by atoms with Crippen LogP contribution in [0, 0.1) is 0 Å². The fourth-order valence-corrected chi connectivity index (χ4v) is 2.16. The molecule has 20 heavy (non-hydrogen) atoms. The van der Waals surface area contributed by atoms with E-state index in [1.807, 2.05) is 12.1 Å². The molecule has 3 aromatic rings. The van der Waals surface area contributed by atoms with Gasteiger partial charge >= 0.3 is 0 Å². The van der Waals surface area contributed by atoms with E-state index < -0.39 is 0 Å². The number of halogens is 1. The van der Waals surface area contributed by atoms with E-state index in [9.17, 15) is 5.11 Å². The van der Waals surface area contributed by atoms with Gasteiger partial charge in [0.2, 0.25) is 0 Å². The predicted octanol–water partition coefficient (Wildman–Crippen LogP) is 3.57. The van der Waals surface area contributed by atoms with Gasteiger partial charge in [0.1, 0.15) is 5.52 Å². The Labute approximate surface area is 120 Å². The van der Waals surface area contributed by atoms with Crippen LogP contribution in [0.15, 0.2) is 48.9 Å². The van der Waals surface area contributed by atoms with E-state index in [1.165, 1.54) is 0 Å². The lowest BCUT2D eigenvalue weighted by Crippen LogP contribution is -1.94. The first-order valence-corrected chi connectivity index (χ1v) is 6.42. The Balaban J connectivity index is 2.09. The van der Waals surface area contributed by atoms with Crippen molar-refractivity contribution in [2.75, 3.05) is 0 Å². The van der Waals surface area contributed by atoms with Crippen molar-refractivity contribution in [2.45, 2.75) is 6.61 Å². The van der Waals surface area contributed by atoms with Gasteiger partial charge in [-0.15, -0.1) is 0 Å². The van der Waals surface area contributed by atoms with Gasteiger partial charge in [-0.3, -0.25) is 9.97 Å². The van der Waals surface area contributed by atoms with Gasteiger partial charge in [-0.05, 0) is 30.3 Å². The number of rotatable bonds is 3. The maximum absolute atomic E-state index is 9.31. The number of aliphatic hydroxyl groups is 1. The lowest BCUT2D eigenvalue weighted by Gasteiger charge is -2.11. The largest absolute Gasteiger partial charge is 0.453 e. The van der Waals surface area contributed by atoms with E-state index in [4.69, 9.17) is 16.3 Å². The first kappa shape index (κ1) is 12.8. The van der Waals surface area contributed by atoms with Crippen molar-refractivity contribution >= 4 is 22.5 Å². The Morgan fingerprint density at radius 2 is 2.00 bits per heavy atom. The van der Waals surface area contributed by atoms with Crippen LogP contribution in [0.1, 0.15) is 5.56 Å². The second kappa shape index (κ2) is 5.45. The third-order valence-corrected chi connectivity index (χ3v) is 3.27. The van der Waals surface area contributed by atoms with E-state index in [2.05, 4.69) is 9.97 Å². The van der Waals surface area contributed by atoms with Crippen molar-refractivity contribution in [3.63, 3.8) is 0 Å². The van der Waals surface area contributed by atoms with Crippen molar-refractivity contribution in [3.8, 4) is 11.5 Å². The van der Waals surface area contributed by atoms with E-state index in [0.29, 0.717) is 27.6 Å². The van der Waals surface area contributed by atoms with Gasteiger partial charge < -0.3 is 9.84 Å². The topological polar surface area (TPSA) is 55.2 Å². The zero-order valence-corrected chi connectivity index (χ0v) is 11.2. The average molecular weight is 287 g/mol. The quantitative estimate of drug-likeness (QED) is 0.800. The molecule has 0 aliphatic rings. The molecule has 0 spiro atoms. The van der Waals surface area contributed by atoms with Gasteiger partial charge in [0.15, 0.2) is 11.5 Å². The maximum atomic E-state index is 9.31. The molecule has 0 amide bonds. The molecule has 0 radical (unpaired) electrons. The van der Waals surface area contributed by atoms with Gasteiger partial charge in [-0.1, -0.05) is 11.6 Å². The molecule has 100 valence electrons. The van der Waals surface area contributed by atoms with Crippen LogP contribution in [-0.2, 0) is 6.61 Å². The molecule has 4 nitrogen and oxygen atoms in total. The fraction of sp³-hybridized carbons (Fsp3) is 0.0667. The highest BCUT2D eigenvalue weighted by atomic mass is 35.5. The molecule has 0 atom stereocenters. The minimum Gasteiger partial charge on any atom is -0.453 e. The van der Waals surface area contributed by atoms with Crippen molar-refractivity contribution < 1.29 is 9.84 Å². The van der Waals surface area contributed by atoms with E-state index in [-0.39, 0.29) is 6.61 Å². The number of aliphatic hydroxyl groups excluding tert-OH is 1. The van der Waals surface area contributed by atoms with Gasteiger partial charge in [-0.25, -0.2) is 0 Å². The second-order valence-electron chi connectivity index (χ2n) is 4.19. The summed E-state index contributed by atoms with van der Waals surface area (Å²) in [5.41, 5.74) is 1.34. The summed E-state index contributed by atoms with van der Waals surface area (Å²) < 4.78 is 5.83. The minimum absolute atomic E-state index is 0.114. The van der Waals surface area contributed by atoms with Crippen LogP contribution in [0.4, 0.5) is 0 Å². The molecule has 5 heteroatoms. The molecule has 1 aromatic carbocycles. The standard InChI is InChI=1S/C15H11ClN2O2/c16-12-3-4-13(15-11(12)2-1-6-18-15)20-14-8-17-7-5-10(14)9-19/h1-8,19H,9H2. The Bertz CT molecular complexity index is 762. The molecule has 0 bridgehead atoms. The Morgan fingerprint density at radius 1 is 1.10 bits per heavy atom. The van der Waals surface area contributed by atoms with Gasteiger partial charge in [0.05, 0.1) is 17.8 Å². The number of hydrogen-bond donors (Lipinski definition) is 1. The van der Waals surface area contributed by atoms with Gasteiger partial charge in [0.25, 0.3) is 0 Å². The van der Waals surface area contributed by atoms with Crippen LogP contribution in [0.25, 0.3) is 10.9 Å². The maximum Gasteiger partial charge on any atom is 0.153 e. The molecule has 0 aliphatic heterocycles. The van der Waals surface area contributed by atoms with E-state index in [1.54, 1.807) is 36.8 Å². The molecule has 2 heterocycles. The monoisotopic (exact) mass is 286 g/mol. The van der Waals surface area contributed by atoms with E-state index in [0.717, 1.165) is 5.39 Å². The van der Waals surface area contributed by atoms with Crippen LogP contribution >= 0.6 is 11.6 Å². The first-order valence-electron chi connectivity index (χ1n) is 6.04. The highest BCUT2D eigenvalue weighted by Crippen LogP contribution is 2.33. The number of benzene rings is 1. The van der Waals surface area contributed by atoms with Crippen LogP contribution in [0.2, 0.25) is 5.02 Å². The Kier molecular flexibility index (Phi) is 3.50. The molecule has 2 aromatic heterocycles. The van der Waals surface area contributed by atoms with Crippen molar-refractivity contribution in [1.29, 1.82) is 0 Å². The molecule has 0 saturated carbocycles. The van der Waals surface area contributed by atoms with Crippen LogP contribution in [-0.4, -0.2) is 15.1 Å². The lowest BCUT2D eigenvalue weighted by atomic mass is 10.2. The highest BCUT2D eigenvalue weighted by molar-refractivity contribution is 6.35. The first-order chi connectivity index (χ1) is 9.79. The average Bonchev–Trinajstić information content (AvgIpc) is 2.51. The molecule has 0 aliphatic carbocycles. The molecule has 3 rings (SSSR count). The molecular formula is C15H11ClN2O2. The summed E-state index contributed by atoms with van der Waals surface area (Å²) in [5, 5.41) is 10.7. The van der Waals surface area contributed by atoms with Crippen molar-refractivity contribution in [2.24, 2.45) is 0 Å². The predicted molar refractivity (Wildman–Crippen MR) is 77.0 cm³/mol. The highest BCUT2D eigenvalue weighted by Gasteiger charge is 2.10. The molecule has 0 fully saturated rings. The molecule has 1 N–H and O–H groups in total. The summed E-state index contributed by atoms with van der Waals surface area (Å²) in [6, 6.07) is 8.93. The summed E-state index contributed by atoms with van der Waals surface area (Å²) in [7, 11) is 0. The lowest BCUT2D eigenvalue weighted by molar-refractivity contribution is 0.276. The third-order valence-electron chi connectivity index (χ3n) is 2.94. The van der Waals surface area contributed by atoms with Crippen LogP contribution < -0.4 is 4.74 Å². The molecular weight excluding hydrogens is 276 g/mol. The summed E-state index contributed by atoms with van der Waals surface area (Å²) in [6.07, 6.45) is 4.85. The number of aromatic nitrogens is 2. The SMILES string of the molecule is OCc1ccncc1Oc1ccc(Cl)c2cccnc12. The zero-order valence-electron chi connectivity index (χ0n) is 10.5. The minimum atomic E-state index is -0.114. The summed E-state index contributed by atoms with van der Waals surface area (Å²) in [4.78, 5) is 8.31. The van der Waals surface area contributed by atoms with E-state index >= 15 is 0 Å². The number of nitrogens with zero attached hydrogens (tertiary/aromatic N) is 2. The van der Waals surface area contributed by atoms with Crippen LogP contribution in [0.5, 0.6) is 11.5 Å². The third kappa shape index (κ3) is 2.31. The number of ether oxygens (including phenoxy) is 1. The molecule has 0 unspecified atom stereocenters. The Morgan fingerprint density at radius 3 is 2.85 bits per heavy atom. The smallest absolute Gasteiger partial charge is 0.153 e. The summed E-state index contributed by atoms with van der Waals surface area (Å²) in [6.45, 7) is -0.114. The zero-order chi connectivity index (χ0) is 13.9. The molecule has 0 saturated heterocycles. The van der Waals surface area contributed by atoms with Crippen molar-refractivity contribution in [3.05, 3.63) is 59.5 Å². The van der Waals surface area contributed by atoms with Crippen LogP contribution in [0.3, 0.4) is 0 Å². The number of hydrogen-bond acceptors (Lipinski definition) is 4. The number of fused-ring (bicyclic) bond motifs is 1. The van der Waals surface area contributed by atoms with Crippen molar-refractivity contribution in [1.82, 2.24) is 9.97 Å². The van der Waals surface area contributed by atoms with Gasteiger partial charge in [0, 0.05) is 23.3 Å². The fourth-order valence-electron chi connectivity index (χ4n) is 1.94. The second-order valence-corrected chi connectivity index (χ2v) is 4.60. The normalized spacial score (nSPS) is 10.7. The van der Waals surface area contributed by atoms with Gasteiger partial charge in [-0.2, -0.15) is 0 Å².